The van der Waals surface area contributed by atoms with Crippen LogP contribution in [0.3, 0.4) is 0 Å². The lowest BCUT2D eigenvalue weighted by Crippen LogP contribution is -2.41. The van der Waals surface area contributed by atoms with Crippen LogP contribution >= 0.6 is 0 Å². The first-order valence-corrected chi connectivity index (χ1v) is 4.81. The molecule has 0 aliphatic carbocycles. The van der Waals surface area contributed by atoms with Gasteiger partial charge in [-0.25, -0.2) is 0 Å². The lowest BCUT2D eigenvalue weighted by Gasteiger charge is -2.08. The Bertz CT molecular complexity index is 470. The summed E-state index contributed by atoms with van der Waals surface area (Å²) in [7, 11) is 0. The molecule has 98 valence electrons. The van der Waals surface area contributed by atoms with Crippen LogP contribution in [0, 0.1) is 10.1 Å². The maximum atomic E-state index is 11.3. The van der Waals surface area contributed by atoms with Gasteiger partial charge < -0.3 is 16.2 Å². The average molecular weight is 257 g/mol. The second kappa shape index (κ2) is 5.72. The van der Waals surface area contributed by atoms with Gasteiger partial charge in [-0.3, -0.25) is 24.4 Å². The quantitative estimate of drug-likeness (QED) is 0.386. The molecule has 0 aromatic carbocycles. The first kappa shape index (κ1) is 13.6. The van der Waals surface area contributed by atoms with Crippen LogP contribution in [0.15, 0.2) is 12.4 Å². The Morgan fingerprint density at radius 1 is 1.67 bits per heavy atom. The van der Waals surface area contributed by atoms with E-state index in [4.69, 9.17) is 10.8 Å². The Labute approximate surface area is 101 Å². The van der Waals surface area contributed by atoms with Gasteiger partial charge >= 0.3 is 5.69 Å². The molecule has 1 rings (SSSR count). The molecule has 0 bridgehead atoms. The lowest BCUT2D eigenvalue weighted by atomic mass is 10.3. The highest BCUT2D eigenvalue weighted by Gasteiger charge is 2.14. The van der Waals surface area contributed by atoms with Crippen LogP contribution in [0.25, 0.3) is 0 Å². The van der Waals surface area contributed by atoms with E-state index >= 15 is 0 Å². The number of primary amides is 1. The van der Waals surface area contributed by atoms with Crippen molar-refractivity contribution in [2.45, 2.75) is 12.6 Å². The number of nitrogens with two attached hydrogens (primary N) is 1. The van der Waals surface area contributed by atoms with E-state index in [1.54, 1.807) is 0 Å². The van der Waals surface area contributed by atoms with Gasteiger partial charge in [0.1, 0.15) is 25.0 Å². The molecule has 2 amide bonds. The van der Waals surface area contributed by atoms with Crippen molar-refractivity contribution >= 4 is 17.5 Å². The highest BCUT2D eigenvalue weighted by Crippen LogP contribution is 2.07. The van der Waals surface area contributed by atoms with Gasteiger partial charge in [-0.2, -0.15) is 5.10 Å². The minimum absolute atomic E-state index is 0.236. The Morgan fingerprint density at radius 2 is 2.33 bits per heavy atom. The number of hydrogen-bond acceptors (Lipinski definition) is 6. The van der Waals surface area contributed by atoms with Crippen molar-refractivity contribution < 1.29 is 19.6 Å². The molecule has 0 fully saturated rings. The Kier molecular flexibility index (Phi) is 4.32. The molecule has 10 heteroatoms. The van der Waals surface area contributed by atoms with Gasteiger partial charge in [-0.15, -0.1) is 0 Å². The van der Waals surface area contributed by atoms with Crippen molar-refractivity contribution in [1.29, 1.82) is 0 Å². The van der Waals surface area contributed by atoms with Gasteiger partial charge in [0, 0.05) is 0 Å². The first-order valence-electron chi connectivity index (χ1n) is 4.81. The fourth-order valence-electron chi connectivity index (χ4n) is 1.05. The van der Waals surface area contributed by atoms with Crippen LogP contribution < -0.4 is 11.1 Å². The fraction of sp³-hybridized carbons (Fsp3) is 0.375. The molecule has 1 atom stereocenters. The molecule has 4 N–H and O–H groups in total. The number of rotatable bonds is 6. The minimum atomic E-state index is -1.47. The number of carbonyl (C=O) groups is 2. The maximum absolute atomic E-state index is 11.3. The van der Waals surface area contributed by atoms with Gasteiger partial charge in [0.05, 0.1) is 11.5 Å². The summed E-state index contributed by atoms with van der Waals surface area (Å²) in [5.74, 6) is -1.52. The largest absolute Gasteiger partial charge is 0.381 e. The number of nitrogens with one attached hydrogen (secondary N) is 1. The second-order valence-electron chi connectivity index (χ2n) is 3.38. The highest BCUT2D eigenvalue weighted by atomic mass is 16.6. The van der Waals surface area contributed by atoms with E-state index in [1.807, 2.05) is 0 Å². The van der Waals surface area contributed by atoms with Gasteiger partial charge in [-0.05, 0) is 0 Å². The summed E-state index contributed by atoms with van der Waals surface area (Å²) < 4.78 is 1.06. The predicted molar refractivity (Wildman–Crippen MR) is 57.1 cm³/mol. The lowest BCUT2D eigenvalue weighted by molar-refractivity contribution is -0.385. The molecule has 10 nitrogen and oxygen atoms in total. The Balaban J connectivity index is 2.44. The highest BCUT2D eigenvalue weighted by molar-refractivity contribution is 5.80. The molecule has 1 aromatic heterocycles. The summed E-state index contributed by atoms with van der Waals surface area (Å²) in [5.41, 5.74) is 4.54. The van der Waals surface area contributed by atoms with E-state index in [-0.39, 0.29) is 18.8 Å². The maximum Gasteiger partial charge on any atom is 0.307 e. The van der Waals surface area contributed by atoms with Crippen LogP contribution in [0.1, 0.15) is 0 Å². The van der Waals surface area contributed by atoms with Gasteiger partial charge in [-0.1, -0.05) is 0 Å². The van der Waals surface area contributed by atoms with E-state index in [1.165, 1.54) is 0 Å². The van der Waals surface area contributed by atoms with Gasteiger partial charge in [0.15, 0.2) is 0 Å². The topological polar surface area (TPSA) is 153 Å². The van der Waals surface area contributed by atoms with Crippen LogP contribution in [-0.4, -0.2) is 44.3 Å². The molecule has 0 radical (unpaired) electrons. The van der Waals surface area contributed by atoms with Crippen molar-refractivity contribution in [3.63, 3.8) is 0 Å². The summed E-state index contributed by atoms with van der Waals surface area (Å²) in [6.07, 6.45) is 0.622. The van der Waals surface area contributed by atoms with E-state index in [2.05, 4.69) is 10.4 Å². The zero-order valence-electron chi connectivity index (χ0n) is 9.15. The summed E-state index contributed by atoms with van der Waals surface area (Å²) >= 11 is 0. The zero-order valence-corrected chi connectivity index (χ0v) is 9.15. The number of aliphatic hydroxyl groups excluding tert-OH is 1. The molecule has 0 saturated carbocycles. The fourth-order valence-corrected chi connectivity index (χ4v) is 1.05. The molecular formula is C8H11N5O5. The van der Waals surface area contributed by atoms with Crippen molar-refractivity contribution in [2.75, 3.05) is 6.54 Å². The van der Waals surface area contributed by atoms with Crippen molar-refractivity contribution in [3.05, 3.63) is 22.5 Å². The van der Waals surface area contributed by atoms with Gasteiger partial charge in [0.2, 0.25) is 11.8 Å². The number of nitro groups is 1. The van der Waals surface area contributed by atoms with E-state index < -0.39 is 22.8 Å². The molecule has 1 unspecified atom stereocenters. The third-order valence-corrected chi connectivity index (χ3v) is 1.96. The molecule has 0 aliphatic heterocycles. The molecule has 18 heavy (non-hydrogen) atoms. The number of hydrogen-bond donors (Lipinski definition) is 3. The third kappa shape index (κ3) is 3.83. The normalized spacial score (nSPS) is 11.8. The van der Waals surface area contributed by atoms with Crippen LogP contribution in [0.4, 0.5) is 5.69 Å². The number of amides is 2. The van der Waals surface area contributed by atoms with E-state index in [0.29, 0.717) is 0 Å². The standard InChI is InChI=1S/C8H11N5O5/c9-8(16)6(14)2-10-7(15)4-12-3-5(1-11-12)13(17)18/h1,3,6,14H,2,4H2,(H2,9,16)(H,10,15). The van der Waals surface area contributed by atoms with Crippen LogP contribution in [0.2, 0.25) is 0 Å². The molecule has 1 heterocycles. The molecule has 0 aliphatic rings. The molecule has 1 aromatic rings. The summed E-state index contributed by atoms with van der Waals surface area (Å²) in [6, 6.07) is 0. The van der Waals surface area contributed by atoms with Gasteiger partial charge in [0.25, 0.3) is 0 Å². The molecule has 0 saturated heterocycles. The predicted octanol–water partition coefficient (Wildman–Crippen LogP) is -2.25. The SMILES string of the molecule is NC(=O)C(O)CNC(=O)Cn1cc([N+](=O)[O-])cn1. The first-order chi connectivity index (χ1) is 8.40. The molecule has 0 spiro atoms. The summed E-state index contributed by atoms with van der Waals surface area (Å²) in [6.45, 7) is -0.586. The summed E-state index contributed by atoms with van der Waals surface area (Å²) in [5, 5.41) is 25.2. The third-order valence-electron chi connectivity index (χ3n) is 1.96. The number of carbonyl (C=O) groups excluding carboxylic acids is 2. The minimum Gasteiger partial charge on any atom is -0.381 e. The Morgan fingerprint density at radius 3 is 2.83 bits per heavy atom. The Hall–Kier alpha value is -2.49. The molecular weight excluding hydrogens is 246 g/mol. The van der Waals surface area contributed by atoms with Crippen molar-refractivity contribution in [3.8, 4) is 0 Å². The zero-order chi connectivity index (χ0) is 13.7. The summed E-state index contributed by atoms with van der Waals surface area (Å²) in [4.78, 5) is 31.5. The van der Waals surface area contributed by atoms with Crippen molar-refractivity contribution in [1.82, 2.24) is 15.1 Å². The van der Waals surface area contributed by atoms with Crippen LogP contribution in [0.5, 0.6) is 0 Å². The number of nitrogens with zero attached hydrogens (tertiary/aromatic N) is 3. The van der Waals surface area contributed by atoms with Crippen molar-refractivity contribution in [2.24, 2.45) is 5.73 Å². The second-order valence-corrected chi connectivity index (χ2v) is 3.38. The smallest absolute Gasteiger partial charge is 0.307 e. The van der Waals surface area contributed by atoms with E-state index in [0.717, 1.165) is 17.1 Å². The average Bonchev–Trinajstić information content (AvgIpc) is 2.74. The van der Waals surface area contributed by atoms with Crippen LogP contribution in [-0.2, 0) is 16.1 Å². The monoisotopic (exact) mass is 257 g/mol. The van der Waals surface area contributed by atoms with E-state index in [9.17, 15) is 19.7 Å². The number of aliphatic hydroxyl groups is 1. The number of aromatic nitrogens is 2.